The predicted octanol–water partition coefficient (Wildman–Crippen LogP) is 4.40. The second-order valence-electron chi connectivity index (χ2n) is 6.43. The third kappa shape index (κ3) is 3.33. The molecule has 2 heterocycles. The lowest BCUT2D eigenvalue weighted by Gasteiger charge is -2.22. The van der Waals surface area contributed by atoms with E-state index in [9.17, 15) is 9.18 Å². The molecule has 0 aliphatic carbocycles. The molecule has 1 unspecified atom stereocenters. The average Bonchev–Trinajstić information content (AvgIpc) is 3.32. The molecule has 1 saturated heterocycles. The van der Waals surface area contributed by atoms with Gasteiger partial charge in [0.25, 0.3) is 0 Å². The topological polar surface area (TPSA) is 68.5 Å². The zero-order valence-electron chi connectivity index (χ0n) is 15.1. The first-order valence-corrected chi connectivity index (χ1v) is 9.15. The highest BCUT2D eigenvalue weighted by atomic mass is 35.5. The van der Waals surface area contributed by atoms with Gasteiger partial charge in [0.05, 0.1) is 19.2 Å². The van der Waals surface area contributed by atoms with Crippen molar-refractivity contribution in [2.75, 3.05) is 7.11 Å². The molecule has 0 N–H and O–H groups in total. The smallest absolute Gasteiger partial charge is 0.249 e. The highest BCUT2D eigenvalue weighted by molar-refractivity contribution is 6.31. The Kier molecular flexibility index (Phi) is 5.00. The number of likely N-dealkylation sites (tertiary alicyclic amines) is 1. The number of hydrogen-bond acceptors (Lipinski definition) is 5. The Balaban J connectivity index is 1.63. The summed E-state index contributed by atoms with van der Waals surface area (Å²) in [4.78, 5) is 18.4. The van der Waals surface area contributed by atoms with Crippen molar-refractivity contribution in [3.63, 3.8) is 0 Å². The van der Waals surface area contributed by atoms with Crippen LogP contribution in [0.25, 0.3) is 11.4 Å². The summed E-state index contributed by atoms with van der Waals surface area (Å²) in [6.45, 7) is 0.0430. The van der Waals surface area contributed by atoms with E-state index < -0.39 is 11.9 Å². The maximum atomic E-state index is 14.2. The summed E-state index contributed by atoms with van der Waals surface area (Å²) >= 11 is 6.12. The molecule has 4 rings (SSSR count). The lowest BCUT2D eigenvalue weighted by Crippen LogP contribution is -2.28. The zero-order valence-corrected chi connectivity index (χ0v) is 15.8. The second kappa shape index (κ2) is 7.59. The lowest BCUT2D eigenvalue weighted by atomic mass is 10.1. The van der Waals surface area contributed by atoms with Gasteiger partial charge in [-0.2, -0.15) is 4.98 Å². The number of methoxy groups -OCH3 is 1. The first kappa shape index (κ1) is 18.4. The van der Waals surface area contributed by atoms with E-state index in [0.29, 0.717) is 35.9 Å². The quantitative estimate of drug-likeness (QED) is 0.633. The Morgan fingerprint density at radius 3 is 2.89 bits per heavy atom. The summed E-state index contributed by atoms with van der Waals surface area (Å²) in [7, 11) is 1.56. The number of nitrogens with zero attached hydrogens (tertiary/aromatic N) is 3. The van der Waals surface area contributed by atoms with Crippen LogP contribution in [0.4, 0.5) is 4.39 Å². The van der Waals surface area contributed by atoms with Gasteiger partial charge < -0.3 is 14.2 Å². The highest BCUT2D eigenvalue weighted by Gasteiger charge is 2.37. The van der Waals surface area contributed by atoms with E-state index in [1.54, 1.807) is 19.2 Å². The standard InChI is InChI=1S/C20H17ClFN3O3/c1-27-17-8-3-2-5-12(17)19-23-20(28-24-19)16-9-10-18(26)25(16)11-13-14(21)6-4-7-15(13)22/h2-8,16H,9-11H2,1H3. The van der Waals surface area contributed by atoms with Crippen molar-refractivity contribution >= 4 is 17.5 Å². The third-order valence-electron chi connectivity index (χ3n) is 4.79. The van der Waals surface area contributed by atoms with Crippen LogP contribution < -0.4 is 4.74 Å². The maximum Gasteiger partial charge on any atom is 0.249 e. The van der Waals surface area contributed by atoms with Gasteiger partial charge in [-0.3, -0.25) is 4.79 Å². The molecular weight excluding hydrogens is 385 g/mol. The number of benzene rings is 2. The number of rotatable bonds is 5. The number of carbonyl (C=O) groups is 1. The van der Waals surface area contributed by atoms with E-state index >= 15 is 0 Å². The van der Waals surface area contributed by atoms with Gasteiger partial charge in [-0.1, -0.05) is 35.0 Å². The van der Waals surface area contributed by atoms with Crippen molar-refractivity contribution in [1.82, 2.24) is 15.0 Å². The minimum absolute atomic E-state index is 0.0430. The van der Waals surface area contributed by atoms with E-state index in [0.717, 1.165) is 0 Å². The van der Waals surface area contributed by atoms with E-state index in [1.165, 1.54) is 17.0 Å². The predicted molar refractivity (Wildman–Crippen MR) is 100 cm³/mol. The molecule has 1 aromatic heterocycles. The number of amides is 1. The first-order valence-electron chi connectivity index (χ1n) is 8.78. The van der Waals surface area contributed by atoms with Crippen molar-refractivity contribution in [2.24, 2.45) is 0 Å². The maximum absolute atomic E-state index is 14.2. The number of ether oxygens (including phenoxy) is 1. The number of halogens is 2. The Bertz CT molecular complexity index is 1000. The molecule has 1 aliphatic rings. The van der Waals surface area contributed by atoms with E-state index in [1.807, 2.05) is 18.2 Å². The number of carbonyl (C=O) groups excluding carboxylic acids is 1. The number of aromatic nitrogens is 2. The molecule has 1 aliphatic heterocycles. The molecule has 2 aromatic carbocycles. The van der Waals surface area contributed by atoms with Gasteiger partial charge in [0.2, 0.25) is 17.6 Å². The summed E-state index contributed by atoms with van der Waals surface area (Å²) in [6, 6.07) is 11.3. The fourth-order valence-corrected chi connectivity index (χ4v) is 3.57. The van der Waals surface area contributed by atoms with E-state index in [4.69, 9.17) is 20.9 Å². The summed E-state index contributed by atoms with van der Waals surface area (Å²) in [5.41, 5.74) is 0.960. The second-order valence-corrected chi connectivity index (χ2v) is 6.84. The van der Waals surface area contributed by atoms with Gasteiger partial charge >= 0.3 is 0 Å². The summed E-state index contributed by atoms with van der Waals surface area (Å²) < 4.78 is 25.0. The molecule has 6 nitrogen and oxygen atoms in total. The molecule has 1 atom stereocenters. The van der Waals surface area contributed by atoms with Gasteiger partial charge in [0.1, 0.15) is 17.6 Å². The lowest BCUT2D eigenvalue weighted by molar-refractivity contribution is -0.130. The zero-order chi connectivity index (χ0) is 19.7. The molecule has 144 valence electrons. The van der Waals surface area contributed by atoms with Crippen LogP contribution in [0.15, 0.2) is 47.0 Å². The largest absolute Gasteiger partial charge is 0.496 e. The molecule has 0 bridgehead atoms. The van der Waals surface area contributed by atoms with E-state index in [2.05, 4.69) is 10.1 Å². The Labute approximate surface area is 165 Å². The Morgan fingerprint density at radius 2 is 2.11 bits per heavy atom. The summed E-state index contributed by atoms with van der Waals surface area (Å²) in [6.07, 6.45) is 0.835. The van der Waals surface area contributed by atoms with Crippen LogP contribution in [0.1, 0.15) is 30.3 Å². The summed E-state index contributed by atoms with van der Waals surface area (Å²) in [5, 5.41) is 4.31. The van der Waals surface area contributed by atoms with Crippen molar-refractivity contribution < 1.29 is 18.4 Å². The van der Waals surface area contributed by atoms with Crippen LogP contribution in [0.2, 0.25) is 5.02 Å². The average molecular weight is 402 g/mol. The first-order chi connectivity index (χ1) is 13.6. The molecule has 8 heteroatoms. The van der Waals surface area contributed by atoms with Gasteiger partial charge in [-0.05, 0) is 30.7 Å². The van der Waals surface area contributed by atoms with Crippen molar-refractivity contribution in [3.8, 4) is 17.1 Å². The van der Waals surface area contributed by atoms with Crippen LogP contribution in [0, 0.1) is 5.82 Å². The number of hydrogen-bond donors (Lipinski definition) is 0. The fourth-order valence-electron chi connectivity index (χ4n) is 3.35. The van der Waals surface area contributed by atoms with Gasteiger partial charge in [-0.15, -0.1) is 0 Å². The highest BCUT2D eigenvalue weighted by Crippen LogP contribution is 2.36. The molecule has 0 spiro atoms. The van der Waals surface area contributed by atoms with Crippen molar-refractivity contribution in [3.05, 3.63) is 64.8 Å². The third-order valence-corrected chi connectivity index (χ3v) is 5.15. The summed E-state index contributed by atoms with van der Waals surface area (Å²) in [5.74, 6) is 0.731. The monoisotopic (exact) mass is 401 g/mol. The minimum atomic E-state index is -0.453. The Hall–Kier alpha value is -2.93. The minimum Gasteiger partial charge on any atom is -0.496 e. The van der Waals surface area contributed by atoms with Crippen LogP contribution >= 0.6 is 11.6 Å². The van der Waals surface area contributed by atoms with Crippen LogP contribution in [0.3, 0.4) is 0 Å². The molecular formula is C20H17ClFN3O3. The molecule has 0 radical (unpaired) electrons. The van der Waals surface area contributed by atoms with Crippen LogP contribution in [-0.4, -0.2) is 28.1 Å². The van der Waals surface area contributed by atoms with Gasteiger partial charge in [-0.25, -0.2) is 4.39 Å². The molecule has 0 saturated carbocycles. The SMILES string of the molecule is COc1ccccc1-c1noc(C2CCC(=O)N2Cc2c(F)cccc2Cl)n1. The molecule has 1 amide bonds. The van der Waals surface area contributed by atoms with Crippen LogP contribution in [-0.2, 0) is 11.3 Å². The molecule has 28 heavy (non-hydrogen) atoms. The Morgan fingerprint density at radius 1 is 1.29 bits per heavy atom. The van der Waals surface area contributed by atoms with Crippen LogP contribution in [0.5, 0.6) is 5.75 Å². The molecule has 3 aromatic rings. The van der Waals surface area contributed by atoms with Crippen molar-refractivity contribution in [1.29, 1.82) is 0 Å². The van der Waals surface area contributed by atoms with Gasteiger partial charge in [0.15, 0.2) is 0 Å². The van der Waals surface area contributed by atoms with E-state index in [-0.39, 0.29) is 23.0 Å². The number of para-hydroxylation sites is 1. The fraction of sp³-hybridized carbons (Fsp3) is 0.250. The van der Waals surface area contributed by atoms with Gasteiger partial charge in [0, 0.05) is 17.0 Å². The van der Waals surface area contributed by atoms with Crippen molar-refractivity contribution in [2.45, 2.75) is 25.4 Å². The normalized spacial score (nSPS) is 16.6. The molecule has 1 fully saturated rings.